The molecule has 0 aliphatic carbocycles. The minimum atomic E-state index is -0.260. The molecule has 1 heterocycles. The second-order valence-electron chi connectivity index (χ2n) is 6.18. The van der Waals surface area contributed by atoms with E-state index in [4.69, 9.17) is 16.4 Å². The number of rotatable bonds is 9. The summed E-state index contributed by atoms with van der Waals surface area (Å²) in [6, 6.07) is 7.69. The van der Waals surface area contributed by atoms with Gasteiger partial charge in [0.25, 0.3) is 0 Å². The zero-order valence-corrected chi connectivity index (χ0v) is 14.8. The number of nitrogens with zero attached hydrogens (tertiary/aromatic N) is 2. The Balaban J connectivity index is 1.86. The molecule has 0 radical (unpaired) electrons. The molecule has 1 N–H and O–H groups in total. The van der Waals surface area contributed by atoms with Crippen molar-refractivity contribution in [3.63, 3.8) is 0 Å². The monoisotopic (exact) mass is 338 g/mol. The molecular weight excluding hydrogens is 312 g/mol. The molecule has 2 unspecified atom stereocenters. The van der Waals surface area contributed by atoms with Gasteiger partial charge in [0.2, 0.25) is 0 Å². The van der Waals surface area contributed by atoms with E-state index in [0.717, 1.165) is 55.1 Å². The van der Waals surface area contributed by atoms with Gasteiger partial charge in [-0.25, -0.2) is 0 Å². The lowest BCUT2D eigenvalue weighted by Crippen LogP contribution is -2.38. The Morgan fingerprint density at radius 3 is 2.70 bits per heavy atom. The lowest BCUT2D eigenvalue weighted by molar-refractivity contribution is 0.0335. The second-order valence-corrected chi connectivity index (χ2v) is 6.61. The van der Waals surface area contributed by atoms with E-state index in [-0.39, 0.29) is 12.2 Å². The van der Waals surface area contributed by atoms with Gasteiger partial charge in [-0.1, -0.05) is 49.2 Å². The van der Waals surface area contributed by atoms with Crippen LogP contribution in [0.25, 0.3) is 0 Å². The molecular formula is C18H27ClN2O2. The topological polar surface area (TPSA) is 45.1 Å². The highest BCUT2D eigenvalue weighted by Gasteiger charge is 2.25. The van der Waals surface area contributed by atoms with E-state index in [9.17, 15) is 5.11 Å². The number of aliphatic hydroxyl groups excluding tert-OH is 1. The maximum absolute atomic E-state index is 10.1. The van der Waals surface area contributed by atoms with Crippen LogP contribution in [-0.2, 0) is 4.84 Å². The predicted molar refractivity (Wildman–Crippen MR) is 95.1 cm³/mol. The van der Waals surface area contributed by atoms with Gasteiger partial charge in [-0.05, 0) is 37.1 Å². The number of aliphatic hydroxyl groups is 1. The van der Waals surface area contributed by atoms with Crippen LogP contribution < -0.4 is 0 Å². The van der Waals surface area contributed by atoms with E-state index in [1.807, 2.05) is 24.3 Å². The van der Waals surface area contributed by atoms with Gasteiger partial charge in [-0.2, -0.15) is 0 Å². The molecule has 1 aliphatic heterocycles. The van der Waals surface area contributed by atoms with E-state index in [0.29, 0.717) is 6.54 Å². The van der Waals surface area contributed by atoms with Crippen molar-refractivity contribution in [1.29, 1.82) is 0 Å². The lowest BCUT2D eigenvalue weighted by Gasteiger charge is -2.26. The molecule has 1 aromatic carbocycles. The Labute approximate surface area is 144 Å². The standard InChI is InChI=1S/C18H27ClN2O2/c1-3-5-16(22)12-21(10-4-2)13-17-11-18(20-23-17)14-6-8-15(19)9-7-14/h6-9,16-17,22H,3-5,10-13H2,1-2H3. The summed E-state index contributed by atoms with van der Waals surface area (Å²) in [5, 5.41) is 15.0. The Kier molecular flexibility index (Phi) is 7.34. The number of halogens is 1. The van der Waals surface area contributed by atoms with Crippen molar-refractivity contribution in [3.8, 4) is 0 Å². The average molecular weight is 339 g/mol. The van der Waals surface area contributed by atoms with Crippen molar-refractivity contribution in [3.05, 3.63) is 34.9 Å². The third-order valence-electron chi connectivity index (χ3n) is 4.00. The van der Waals surface area contributed by atoms with E-state index >= 15 is 0 Å². The molecule has 1 aliphatic rings. The van der Waals surface area contributed by atoms with Crippen LogP contribution in [0.5, 0.6) is 0 Å². The van der Waals surface area contributed by atoms with Crippen LogP contribution in [0.15, 0.2) is 29.4 Å². The molecule has 2 rings (SSSR count). The third kappa shape index (κ3) is 5.79. The van der Waals surface area contributed by atoms with E-state index < -0.39 is 0 Å². The molecule has 0 saturated heterocycles. The molecule has 0 amide bonds. The minimum absolute atomic E-state index is 0.0565. The molecule has 128 valence electrons. The second kappa shape index (κ2) is 9.26. The van der Waals surface area contributed by atoms with Crippen LogP contribution in [0.1, 0.15) is 45.1 Å². The summed E-state index contributed by atoms with van der Waals surface area (Å²) in [5.74, 6) is 0. The van der Waals surface area contributed by atoms with Crippen LogP contribution in [0.2, 0.25) is 5.02 Å². The molecule has 0 saturated carbocycles. The number of benzene rings is 1. The molecule has 0 aromatic heterocycles. The predicted octanol–water partition coefficient (Wildman–Crippen LogP) is 3.71. The molecule has 0 bridgehead atoms. The highest BCUT2D eigenvalue weighted by atomic mass is 35.5. The smallest absolute Gasteiger partial charge is 0.145 e. The molecule has 0 spiro atoms. The van der Waals surface area contributed by atoms with Gasteiger partial charge >= 0.3 is 0 Å². The normalized spacial score (nSPS) is 18.8. The third-order valence-corrected chi connectivity index (χ3v) is 4.25. The van der Waals surface area contributed by atoms with E-state index in [1.165, 1.54) is 0 Å². The Morgan fingerprint density at radius 1 is 1.30 bits per heavy atom. The average Bonchev–Trinajstić information content (AvgIpc) is 2.97. The number of hydrogen-bond donors (Lipinski definition) is 1. The van der Waals surface area contributed by atoms with Crippen molar-refractivity contribution in [2.24, 2.45) is 5.16 Å². The highest BCUT2D eigenvalue weighted by molar-refractivity contribution is 6.30. The Morgan fingerprint density at radius 2 is 2.04 bits per heavy atom. The molecule has 4 nitrogen and oxygen atoms in total. The fourth-order valence-corrected chi connectivity index (χ4v) is 3.05. The maximum atomic E-state index is 10.1. The number of hydrogen-bond acceptors (Lipinski definition) is 4. The lowest BCUT2D eigenvalue weighted by atomic mass is 10.0. The first-order valence-electron chi connectivity index (χ1n) is 8.51. The first kappa shape index (κ1) is 18.2. The molecule has 0 fully saturated rings. The van der Waals surface area contributed by atoms with Crippen LogP contribution in [0, 0.1) is 0 Å². The highest BCUT2D eigenvalue weighted by Crippen LogP contribution is 2.19. The van der Waals surface area contributed by atoms with E-state index in [2.05, 4.69) is 23.9 Å². The molecule has 1 aromatic rings. The van der Waals surface area contributed by atoms with Crippen molar-refractivity contribution in [2.45, 2.75) is 51.7 Å². The summed E-state index contributed by atoms with van der Waals surface area (Å²) in [4.78, 5) is 7.88. The SMILES string of the molecule is CCCC(O)CN(CCC)CC1CC(c2ccc(Cl)cc2)=NO1. The van der Waals surface area contributed by atoms with Crippen molar-refractivity contribution < 1.29 is 9.94 Å². The van der Waals surface area contributed by atoms with Crippen molar-refractivity contribution >= 4 is 17.3 Å². The largest absolute Gasteiger partial charge is 0.392 e. The zero-order chi connectivity index (χ0) is 16.7. The molecule has 2 atom stereocenters. The van der Waals surface area contributed by atoms with Crippen molar-refractivity contribution in [2.75, 3.05) is 19.6 Å². The summed E-state index contributed by atoms with van der Waals surface area (Å²) in [6.45, 7) is 6.73. The summed E-state index contributed by atoms with van der Waals surface area (Å²) in [7, 11) is 0. The summed E-state index contributed by atoms with van der Waals surface area (Å²) >= 11 is 5.92. The van der Waals surface area contributed by atoms with Gasteiger partial charge < -0.3 is 9.94 Å². The van der Waals surface area contributed by atoms with Crippen LogP contribution in [0.4, 0.5) is 0 Å². The molecule has 23 heavy (non-hydrogen) atoms. The fourth-order valence-electron chi connectivity index (χ4n) is 2.92. The fraction of sp³-hybridized carbons (Fsp3) is 0.611. The zero-order valence-electron chi connectivity index (χ0n) is 14.0. The summed E-state index contributed by atoms with van der Waals surface area (Å²) in [6.07, 6.45) is 3.51. The molecule has 5 heteroatoms. The van der Waals surface area contributed by atoms with Crippen LogP contribution in [-0.4, -0.2) is 47.6 Å². The van der Waals surface area contributed by atoms with Gasteiger partial charge in [0, 0.05) is 24.5 Å². The van der Waals surface area contributed by atoms with Gasteiger partial charge in [0.1, 0.15) is 6.10 Å². The summed E-state index contributed by atoms with van der Waals surface area (Å²) in [5.41, 5.74) is 2.03. The first-order valence-corrected chi connectivity index (χ1v) is 8.89. The van der Waals surface area contributed by atoms with E-state index in [1.54, 1.807) is 0 Å². The quantitative estimate of drug-likeness (QED) is 0.746. The van der Waals surface area contributed by atoms with Gasteiger partial charge in [0.05, 0.1) is 11.8 Å². The van der Waals surface area contributed by atoms with Gasteiger partial charge in [-0.15, -0.1) is 0 Å². The Bertz CT molecular complexity index is 504. The van der Waals surface area contributed by atoms with Gasteiger partial charge in [-0.3, -0.25) is 4.90 Å². The number of oxime groups is 1. The Hall–Kier alpha value is -1.10. The maximum Gasteiger partial charge on any atom is 0.145 e. The van der Waals surface area contributed by atoms with Crippen molar-refractivity contribution in [1.82, 2.24) is 4.90 Å². The van der Waals surface area contributed by atoms with Gasteiger partial charge in [0.15, 0.2) is 0 Å². The summed E-state index contributed by atoms with van der Waals surface area (Å²) < 4.78 is 0. The first-order chi connectivity index (χ1) is 11.1. The minimum Gasteiger partial charge on any atom is -0.392 e. The van der Waals surface area contributed by atoms with Crippen LogP contribution in [0.3, 0.4) is 0 Å². The van der Waals surface area contributed by atoms with Crippen LogP contribution >= 0.6 is 11.6 Å².